The smallest absolute Gasteiger partial charge is 0.0789 e. The van der Waals surface area contributed by atoms with Crippen molar-refractivity contribution in [2.75, 3.05) is 4.90 Å². The molecule has 0 fully saturated rings. The Kier molecular flexibility index (Phi) is 6.60. The Labute approximate surface area is 337 Å². The van der Waals surface area contributed by atoms with E-state index in [4.69, 9.17) is 0 Å². The van der Waals surface area contributed by atoms with Crippen LogP contribution in [0.3, 0.4) is 0 Å². The van der Waals surface area contributed by atoms with Crippen LogP contribution in [0, 0.1) is 0 Å². The van der Waals surface area contributed by atoms with Gasteiger partial charge in [-0.15, -0.1) is 11.3 Å². The molecule has 0 bridgehead atoms. The zero-order chi connectivity index (χ0) is 37.9. The molecule has 0 aliphatic heterocycles. The van der Waals surface area contributed by atoms with Gasteiger partial charge in [0.25, 0.3) is 0 Å². The molecule has 0 N–H and O–H groups in total. The van der Waals surface area contributed by atoms with Crippen molar-refractivity contribution in [2.24, 2.45) is 0 Å². The van der Waals surface area contributed by atoms with Gasteiger partial charge in [0.15, 0.2) is 0 Å². The van der Waals surface area contributed by atoms with Gasteiger partial charge in [0.2, 0.25) is 0 Å². The summed E-state index contributed by atoms with van der Waals surface area (Å²) in [6, 6.07) is 73.6. The van der Waals surface area contributed by atoms with Crippen LogP contribution in [-0.4, -0.2) is 8.80 Å². The highest BCUT2D eigenvalue weighted by molar-refractivity contribution is 7.25. The highest BCUT2D eigenvalue weighted by Gasteiger charge is 2.23. The lowest BCUT2D eigenvalue weighted by molar-refractivity contribution is 1.25. The molecule has 13 rings (SSSR count). The lowest BCUT2D eigenvalue weighted by Crippen LogP contribution is -2.09. The number of para-hydroxylation sites is 3. The molecular formula is C54H33N3S. The monoisotopic (exact) mass is 755 g/mol. The highest BCUT2D eigenvalue weighted by atomic mass is 32.1. The van der Waals surface area contributed by atoms with Gasteiger partial charge in [0.05, 0.1) is 33.1 Å². The van der Waals surface area contributed by atoms with Crippen LogP contribution in [0.1, 0.15) is 0 Å². The largest absolute Gasteiger partial charge is 0.310 e. The summed E-state index contributed by atoms with van der Waals surface area (Å²) in [5, 5.41) is 7.75. The molecule has 270 valence electrons. The number of thiophene rings is 1. The number of nitrogens with zero attached hydrogens (tertiary/aromatic N) is 3. The topological polar surface area (TPSA) is 12.1 Å². The van der Waals surface area contributed by atoms with E-state index in [9.17, 15) is 0 Å². The highest BCUT2D eigenvalue weighted by Crippen LogP contribution is 2.45. The van der Waals surface area contributed by atoms with Crippen molar-refractivity contribution >= 4 is 103 Å². The Morgan fingerprint density at radius 3 is 1.55 bits per heavy atom. The molecule has 4 aromatic heterocycles. The second kappa shape index (κ2) is 12.1. The lowest BCUT2D eigenvalue weighted by Gasteiger charge is -2.26. The Morgan fingerprint density at radius 1 is 0.310 bits per heavy atom. The van der Waals surface area contributed by atoms with Gasteiger partial charge >= 0.3 is 0 Å². The standard InChI is InChI=1S/C54H33N3S/c1-2-11-34(12-3-1)35-21-25-37(26-22-35)55(39-29-30-44-43-15-6-9-20-50(43)58-51(44)33-39)38-27-23-36(24-28-38)40-16-10-19-49-52(40)57-48-18-8-5-14-42(48)46-32-31-45-41-13-4-7-17-47(41)56(49)53(45)54(46)57/h1-33H. The van der Waals surface area contributed by atoms with E-state index < -0.39 is 0 Å². The van der Waals surface area contributed by atoms with Gasteiger partial charge in [0.1, 0.15) is 0 Å². The minimum absolute atomic E-state index is 1.11. The van der Waals surface area contributed by atoms with Crippen molar-refractivity contribution in [3.05, 3.63) is 200 Å². The van der Waals surface area contributed by atoms with Gasteiger partial charge < -0.3 is 13.7 Å². The summed E-state index contributed by atoms with van der Waals surface area (Å²) in [6.07, 6.45) is 0. The van der Waals surface area contributed by atoms with E-state index >= 15 is 0 Å². The Morgan fingerprint density at radius 2 is 0.828 bits per heavy atom. The summed E-state index contributed by atoms with van der Waals surface area (Å²) in [6.45, 7) is 0. The van der Waals surface area contributed by atoms with Crippen LogP contribution in [0.5, 0.6) is 0 Å². The molecule has 0 aliphatic rings. The molecule has 0 atom stereocenters. The number of benzene rings is 9. The zero-order valence-corrected chi connectivity index (χ0v) is 32.1. The normalized spacial score (nSPS) is 12.1. The fourth-order valence-corrected chi connectivity index (χ4v) is 10.8. The molecule has 0 aliphatic carbocycles. The number of hydrogen-bond acceptors (Lipinski definition) is 2. The van der Waals surface area contributed by atoms with Gasteiger partial charge in [-0.3, -0.25) is 0 Å². The van der Waals surface area contributed by atoms with Gasteiger partial charge in [-0.25, -0.2) is 0 Å². The first-order valence-corrected chi connectivity index (χ1v) is 20.7. The third-order valence-corrected chi connectivity index (χ3v) is 13.4. The number of hydrogen-bond donors (Lipinski definition) is 0. The van der Waals surface area contributed by atoms with Crippen molar-refractivity contribution in [3.8, 4) is 22.3 Å². The molecule has 0 spiro atoms. The number of aromatic nitrogens is 2. The molecule has 0 saturated heterocycles. The second-order valence-electron chi connectivity index (χ2n) is 15.3. The summed E-state index contributed by atoms with van der Waals surface area (Å²) in [5.41, 5.74) is 15.6. The molecule has 0 radical (unpaired) electrons. The Balaban J connectivity index is 1.02. The number of rotatable bonds is 5. The molecule has 0 unspecified atom stereocenters. The lowest BCUT2D eigenvalue weighted by atomic mass is 10.0. The second-order valence-corrected chi connectivity index (χ2v) is 16.4. The van der Waals surface area contributed by atoms with Crippen molar-refractivity contribution in [1.29, 1.82) is 0 Å². The van der Waals surface area contributed by atoms with E-state index in [1.807, 2.05) is 11.3 Å². The minimum Gasteiger partial charge on any atom is -0.310 e. The molecule has 13 aromatic rings. The molecule has 4 heteroatoms. The summed E-state index contributed by atoms with van der Waals surface area (Å²) >= 11 is 1.86. The van der Waals surface area contributed by atoms with Crippen LogP contribution in [0.25, 0.3) is 97.1 Å². The first-order chi connectivity index (χ1) is 28.8. The van der Waals surface area contributed by atoms with E-state index in [2.05, 4.69) is 214 Å². The van der Waals surface area contributed by atoms with Crippen molar-refractivity contribution in [1.82, 2.24) is 8.80 Å². The van der Waals surface area contributed by atoms with Crippen LogP contribution in [0.2, 0.25) is 0 Å². The molecule has 4 heterocycles. The van der Waals surface area contributed by atoms with Gasteiger partial charge in [-0.05, 0) is 77.4 Å². The third-order valence-electron chi connectivity index (χ3n) is 12.2. The van der Waals surface area contributed by atoms with Crippen molar-refractivity contribution in [3.63, 3.8) is 0 Å². The Hall–Kier alpha value is -7.40. The maximum Gasteiger partial charge on any atom is 0.0789 e. The van der Waals surface area contributed by atoms with E-state index in [1.54, 1.807) is 0 Å². The zero-order valence-electron chi connectivity index (χ0n) is 31.3. The first kappa shape index (κ1) is 31.8. The van der Waals surface area contributed by atoms with Crippen LogP contribution in [0.4, 0.5) is 17.1 Å². The quantitative estimate of drug-likeness (QED) is 0.159. The minimum atomic E-state index is 1.11. The van der Waals surface area contributed by atoms with E-state index in [-0.39, 0.29) is 0 Å². The van der Waals surface area contributed by atoms with E-state index in [0.717, 1.165) is 17.1 Å². The Bertz CT molecular complexity index is 3720. The molecular weight excluding hydrogens is 723 g/mol. The molecule has 58 heavy (non-hydrogen) atoms. The third kappa shape index (κ3) is 4.43. The van der Waals surface area contributed by atoms with Crippen molar-refractivity contribution in [2.45, 2.75) is 0 Å². The van der Waals surface area contributed by atoms with Crippen LogP contribution >= 0.6 is 11.3 Å². The summed E-state index contributed by atoms with van der Waals surface area (Å²) in [5.74, 6) is 0. The summed E-state index contributed by atoms with van der Waals surface area (Å²) < 4.78 is 7.64. The van der Waals surface area contributed by atoms with Gasteiger partial charge in [0, 0.05) is 64.3 Å². The predicted octanol–water partition coefficient (Wildman–Crippen LogP) is 15.4. The maximum absolute atomic E-state index is 2.53. The van der Waals surface area contributed by atoms with Gasteiger partial charge in [-0.2, -0.15) is 0 Å². The predicted molar refractivity (Wildman–Crippen MR) is 248 cm³/mol. The molecule has 3 nitrogen and oxygen atoms in total. The number of anilines is 3. The van der Waals surface area contributed by atoms with Crippen molar-refractivity contribution < 1.29 is 0 Å². The molecule has 9 aromatic carbocycles. The first-order valence-electron chi connectivity index (χ1n) is 19.8. The van der Waals surface area contributed by atoms with E-state index in [1.165, 1.54) is 97.1 Å². The maximum atomic E-state index is 2.53. The average Bonchev–Trinajstić information content (AvgIpc) is 3.95. The molecule has 0 saturated carbocycles. The van der Waals surface area contributed by atoms with Crippen LogP contribution < -0.4 is 4.90 Å². The van der Waals surface area contributed by atoms with Crippen LogP contribution in [0.15, 0.2) is 200 Å². The summed E-state index contributed by atoms with van der Waals surface area (Å²) in [7, 11) is 0. The molecule has 0 amide bonds. The van der Waals surface area contributed by atoms with E-state index in [0.29, 0.717) is 0 Å². The summed E-state index contributed by atoms with van der Waals surface area (Å²) in [4.78, 5) is 2.39. The fraction of sp³-hybridized carbons (Fsp3) is 0. The SMILES string of the molecule is c1ccc(-c2ccc(N(c3ccc(-c4cccc5c4n4c6ccccc6c6ccc7c8ccccc8n5c7c64)cc3)c3ccc4c(c3)sc3ccccc34)cc2)cc1. The van der Waals surface area contributed by atoms with Gasteiger partial charge in [-0.1, -0.05) is 140 Å². The fourth-order valence-electron chi connectivity index (χ4n) is 9.69. The average molecular weight is 756 g/mol. The number of fused-ring (bicyclic) bond motifs is 12. The van der Waals surface area contributed by atoms with Crippen LogP contribution in [-0.2, 0) is 0 Å².